The zero-order valence-corrected chi connectivity index (χ0v) is 12.6. The number of aromatic nitrogens is 1. The second-order valence-electron chi connectivity index (χ2n) is 3.53. The Balaban J connectivity index is 3.25. The minimum absolute atomic E-state index is 0.0432. The molecule has 21 heavy (non-hydrogen) atoms. The summed E-state index contributed by atoms with van der Waals surface area (Å²) in [7, 11) is 0. The van der Waals surface area contributed by atoms with Gasteiger partial charge in [-0.25, -0.2) is 0 Å². The van der Waals surface area contributed by atoms with E-state index in [1.165, 1.54) is 6.92 Å². The van der Waals surface area contributed by atoms with E-state index in [2.05, 4.69) is 14.5 Å². The normalized spacial score (nSPS) is 11.1. The number of carbonyl (C=O) groups is 1. The monoisotopic (exact) mass is 420 g/mol. The molecule has 0 spiro atoms. The van der Waals surface area contributed by atoms with Crippen molar-refractivity contribution in [2.45, 2.75) is 19.7 Å². The fourth-order valence-corrected chi connectivity index (χ4v) is 2.01. The van der Waals surface area contributed by atoms with E-state index in [4.69, 9.17) is 0 Å². The van der Waals surface area contributed by atoms with Gasteiger partial charge in [0, 0.05) is 14.6 Å². The van der Waals surface area contributed by atoms with Gasteiger partial charge in [-0.2, -0.15) is 0 Å². The standard InChI is InChI=1S/C10H8F3IN2O5/c1-2-20-8(17)3-5-6(14)4-7(16(18)19)15-9(5)21-10(11,12)13/h4H,2-3H2,1H3. The maximum Gasteiger partial charge on any atom is 0.575 e. The zero-order chi connectivity index (χ0) is 16.2. The van der Waals surface area contributed by atoms with Gasteiger partial charge in [-0.3, -0.25) is 4.79 Å². The fourth-order valence-electron chi connectivity index (χ4n) is 1.31. The molecule has 0 saturated carbocycles. The van der Waals surface area contributed by atoms with Crippen LogP contribution in [0.25, 0.3) is 0 Å². The van der Waals surface area contributed by atoms with Gasteiger partial charge in [-0.1, -0.05) is 0 Å². The highest BCUT2D eigenvalue weighted by Gasteiger charge is 2.37. The summed E-state index contributed by atoms with van der Waals surface area (Å²) in [4.78, 5) is 24.2. The van der Waals surface area contributed by atoms with Crippen LogP contribution in [0.1, 0.15) is 12.5 Å². The molecule has 0 aliphatic heterocycles. The molecule has 0 atom stereocenters. The number of nitrogens with zero attached hydrogens (tertiary/aromatic N) is 2. The number of esters is 1. The lowest BCUT2D eigenvalue weighted by Crippen LogP contribution is -2.21. The molecule has 0 fully saturated rings. The van der Waals surface area contributed by atoms with Gasteiger partial charge >= 0.3 is 24.0 Å². The molecule has 11 heteroatoms. The zero-order valence-electron chi connectivity index (χ0n) is 10.4. The van der Waals surface area contributed by atoms with Crippen LogP contribution in [-0.2, 0) is 16.0 Å². The van der Waals surface area contributed by atoms with Crippen molar-refractivity contribution < 1.29 is 32.4 Å². The van der Waals surface area contributed by atoms with E-state index in [0.717, 1.165) is 6.07 Å². The number of hydrogen-bond acceptors (Lipinski definition) is 6. The third-order valence-corrected chi connectivity index (χ3v) is 3.01. The Morgan fingerprint density at radius 2 is 2.14 bits per heavy atom. The van der Waals surface area contributed by atoms with Crippen LogP contribution in [0.2, 0.25) is 0 Å². The summed E-state index contributed by atoms with van der Waals surface area (Å²) in [6, 6.07) is 0.943. The van der Waals surface area contributed by atoms with E-state index in [1.54, 1.807) is 22.6 Å². The Morgan fingerprint density at radius 3 is 2.62 bits per heavy atom. The molecule has 1 heterocycles. The molecule has 1 aromatic rings. The first-order chi connectivity index (χ1) is 9.64. The summed E-state index contributed by atoms with van der Waals surface area (Å²) < 4.78 is 45.3. The summed E-state index contributed by atoms with van der Waals surface area (Å²) in [5.41, 5.74) is -0.225. The molecule has 0 aromatic carbocycles. The number of rotatable bonds is 5. The lowest BCUT2D eigenvalue weighted by molar-refractivity contribution is -0.390. The number of ether oxygens (including phenoxy) is 2. The minimum Gasteiger partial charge on any atom is -0.466 e. The molecule has 0 aliphatic carbocycles. The highest BCUT2D eigenvalue weighted by atomic mass is 127. The van der Waals surface area contributed by atoms with Crippen molar-refractivity contribution in [2.75, 3.05) is 6.61 Å². The molecule has 7 nitrogen and oxygen atoms in total. The van der Waals surface area contributed by atoms with E-state index in [9.17, 15) is 28.1 Å². The second kappa shape index (κ2) is 6.87. The molecule has 0 amide bonds. The summed E-state index contributed by atoms with van der Waals surface area (Å²) >= 11 is 1.56. The quantitative estimate of drug-likeness (QED) is 0.315. The van der Waals surface area contributed by atoms with Crippen LogP contribution in [0.15, 0.2) is 6.07 Å². The Kier molecular flexibility index (Phi) is 5.69. The maximum absolute atomic E-state index is 12.3. The third kappa shape index (κ3) is 5.32. The Labute approximate surface area is 129 Å². The maximum atomic E-state index is 12.3. The van der Waals surface area contributed by atoms with Gasteiger partial charge in [0.15, 0.2) is 0 Å². The molecule has 0 bridgehead atoms. The van der Waals surface area contributed by atoms with Crippen LogP contribution in [-0.4, -0.2) is 28.8 Å². The second-order valence-corrected chi connectivity index (χ2v) is 4.69. The van der Waals surface area contributed by atoms with Crippen LogP contribution in [0.3, 0.4) is 0 Å². The first-order valence-electron chi connectivity index (χ1n) is 5.39. The number of halogens is 4. The van der Waals surface area contributed by atoms with Crippen LogP contribution in [0.4, 0.5) is 19.0 Å². The molecule has 1 aromatic heterocycles. The predicted octanol–water partition coefficient (Wildman–Crippen LogP) is 2.60. The molecule has 1 rings (SSSR count). The summed E-state index contributed by atoms with van der Waals surface area (Å²) in [5, 5.41) is 10.6. The van der Waals surface area contributed by atoms with Crippen molar-refractivity contribution in [3.63, 3.8) is 0 Å². The SMILES string of the molecule is CCOC(=O)Cc1c(I)cc([N+](=O)[O-])nc1OC(F)(F)F. The van der Waals surface area contributed by atoms with Crippen LogP contribution in [0, 0.1) is 13.7 Å². The van der Waals surface area contributed by atoms with Gasteiger partial charge in [0.1, 0.15) is 0 Å². The van der Waals surface area contributed by atoms with Crippen LogP contribution < -0.4 is 4.74 Å². The molecule has 0 radical (unpaired) electrons. The molecular formula is C10H8F3IN2O5. The highest BCUT2D eigenvalue weighted by molar-refractivity contribution is 14.1. The van der Waals surface area contributed by atoms with Crippen molar-refractivity contribution in [3.05, 3.63) is 25.3 Å². The van der Waals surface area contributed by atoms with Gasteiger partial charge in [0.05, 0.1) is 18.6 Å². The van der Waals surface area contributed by atoms with E-state index in [0.29, 0.717) is 0 Å². The Hall–Kier alpha value is -1.66. The van der Waals surface area contributed by atoms with Crippen molar-refractivity contribution in [1.29, 1.82) is 0 Å². The first kappa shape index (κ1) is 17.4. The number of pyridine rings is 1. The summed E-state index contributed by atoms with van der Waals surface area (Å²) in [6.07, 6.45) is -5.63. The van der Waals surface area contributed by atoms with Gasteiger partial charge in [0.2, 0.25) is 0 Å². The van der Waals surface area contributed by atoms with Crippen LogP contribution >= 0.6 is 22.6 Å². The molecule has 0 unspecified atom stereocenters. The van der Waals surface area contributed by atoms with Gasteiger partial charge in [0.25, 0.3) is 0 Å². The van der Waals surface area contributed by atoms with E-state index < -0.39 is 35.4 Å². The van der Waals surface area contributed by atoms with E-state index >= 15 is 0 Å². The molecular weight excluding hydrogens is 412 g/mol. The fraction of sp³-hybridized carbons (Fsp3) is 0.400. The number of hydrogen-bond donors (Lipinski definition) is 0. The van der Waals surface area contributed by atoms with Gasteiger partial charge in [-0.15, -0.1) is 13.2 Å². The lowest BCUT2D eigenvalue weighted by atomic mass is 10.2. The topological polar surface area (TPSA) is 91.6 Å². The number of alkyl halides is 3. The summed E-state index contributed by atoms with van der Waals surface area (Å²) in [6.45, 7) is 1.58. The molecule has 0 saturated heterocycles. The number of nitro groups is 1. The summed E-state index contributed by atoms with van der Waals surface area (Å²) in [5.74, 6) is -2.64. The molecule has 116 valence electrons. The van der Waals surface area contributed by atoms with Crippen molar-refractivity contribution in [1.82, 2.24) is 4.98 Å². The smallest absolute Gasteiger partial charge is 0.466 e. The van der Waals surface area contributed by atoms with E-state index in [-0.39, 0.29) is 15.7 Å². The van der Waals surface area contributed by atoms with Gasteiger partial charge < -0.3 is 19.6 Å². The van der Waals surface area contributed by atoms with Crippen molar-refractivity contribution in [3.8, 4) is 5.88 Å². The average molecular weight is 420 g/mol. The lowest BCUT2D eigenvalue weighted by Gasteiger charge is -2.10. The predicted molar refractivity (Wildman–Crippen MR) is 70.6 cm³/mol. The molecule has 0 N–H and O–H groups in total. The van der Waals surface area contributed by atoms with Crippen LogP contribution in [0.5, 0.6) is 5.88 Å². The van der Waals surface area contributed by atoms with E-state index in [1.807, 2.05) is 0 Å². The Morgan fingerprint density at radius 1 is 1.52 bits per heavy atom. The minimum atomic E-state index is -5.09. The Bertz CT molecular complexity index is 564. The van der Waals surface area contributed by atoms with Crippen molar-refractivity contribution >= 4 is 34.4 Å². The first-order valence-corrected chi connectivity index (χ1v) is 6.47. The highest BCUT2D eigenvalue weighted by Crippen LogP contribution is 2.31. The number of carbonyl (C=O) groups excluding carboxylic acids is 1. The van der Waals surface area contributed by atoms with Gasteiger partial charge in [-0.05, 0) is 34.4 Å². The largest absolute Gasteiger partial charge is 0.575 e. The third-order valence-electron chi connectivity index (χ3n) is 2.04. The van der Waals surface area contributed by atoms with Crippen molar-refractivity contribution in [2.24, 2.45) is 0 Å². The average Bonchev–Trinajstić information content (AvgIpc) is 2.31. The molecule has 0 aliphatic rings.